The summed E-state index contributed by atoms with van der Waals surface area (Å²) in [4.78, 5) is 10.1. The zero-order valence-electron chi connectivity index (χ0n) is 8.01. The van der Waals surface area contributed by atoms with E-state index >= 15 is 0 Å². The fourth-order valence-corrected chi connectivity index (χ4v) is 0.994. The summed E-state index contributed by atoms with van der Waals surface area (Å²) in [6, 6.07) is 1.57. The molecule has 0 bridgehead atoms. The molecule has 16 heavy (non-hydrogen) atoms. The lowest BCUT2D eigenvalue weighted by atomic mass is 10.3. The van der Waals surface area contributed by atoms with E-state index in [4.69, 9.17) is 5.11 Å². The second-order valence-corrected chi connectivity index (χ2v) is 2.88. The Hall–Kier alpha value is -1.98. The summed E-state index contributed by atoms with van der Waals surface area (Å²) >= 11 is 0. The van der Waals surface area contributed by atoms with Crippen LogP contribution in [-0.4, -0.2) is 17.6 Å². The number of rotatable bonds is 4. The minimum Gasteiger partial charge on any atom is -0.478 e. The highest BCUT2D eigenvalue weighted by molar-refractivity contribution is 5.79. The van der Waals surface area contributed by atoms with Gasteiger partial charge in [0.05, 0.1) is 0 Å². The number of hydrogen-bond acceptors (Lipinski definition) is 2. The van der Waals surface area contributed by atoms with Crippen LogP contribution in [0.15, 0.2) is 24.3 Å². The second kappa shape index (κ2) is 5.20. The standard InChI is InChI=1S/C10H8F3NO2/c11-7-4-6(5-8(12)10(7)13)14-3-1-2-9(15)16/h1-2,4-5,14H,3H2,(H,15,16)/b2-1+. The Labute approximate surface area is 89.2 Å². The van der Waals surface area contributed by atoms with Crippen molar-refractivity contribution < 1.29 is 23.1 Å². The Kier molecular flexibility index (Phi) is 3.93. The van der Waals surface area contributed by atoms with Crippen molar-refractivity contribution in [3.8, 4) is 0 Å². The molecule has 1 rings (SSSR count). The predicted octanol–water partition coefficient (Wildman–Crippen LogP) is 2.16. The van der Waals surface area contributed by atoms with E-state index in [2.05, 4.69) is 5.32 Å². The molecule has 1 aromatic rings. The van der Waals surface area contributed by atoms with Gasteiger partial charge in [-0.3, -0.25) is 0 Å². The van der Waals surface area contributed by atoms with Gasteiger partial charge in [0, 0.05) is 30.4 Å². The van der Waals surface area contributed by atoms with E-state index in [0.29, 0.717) is 0 Å². The van der Waals surface area contributed by atoms with Gasteiger partial charge < -0.3 is 10.4 Å². The van der Waals surface area contributed by atoms with E-state index in [-0.39, 0.29) is 12.2 Å². The molecule has 1 aromatic carbocycles. The molecule has 2 N–H and O–H groups in total. The fourth-order valence-electron chi connectivity index (χ4n) is 0.994. The molecule has 0 fully saturated rings. The van der Waals surface area contributed by atoms with Crippen molar-refractivity contribution in [1.82, 2.24) is 0 Å². The number of anilines is 1. The number of carboxylic acid groups (broad SMARTS) is 1. The highest BCUT2D eigenvalue weighted by Crippen LogP contribution is 2.16. The molecule has 0 aliphatic heterocycles. The van der Waals surface area contributed by atoms with Crippen molar-refractivity contribution in [2.24, 2.45) is 0 Å². The normalized spacial score (nSPS) is 10.7. The first-order valence-electron chi connectivity index (χ1n) is 4.28. The molecule has 0 spiro atoms. The van der Waals surface area contributed by atoms with Crippen LogP contribution >= 0.6 is 0 Å². The van der Waals surface area contributed by atoms with E-state index in [1.54, 1.807) is 0 Å². The summed E-state index contributed by atoms with van der Waals surface area (Å²) in [5.74, 6) is -5.26. The van der Waals surface area contributed by atoms with Crippen molar-refractivity contribution >= 4 is 11.7 Å². The van der Waals surface area contributed by atoms with Gasteiger partial charge in [0.1, 0.15) is 0 Å². The molecule has 6 heteroatoms. The van der Waals surface area contributed by atoms with Crippen LogP contribution in [-0.2, 0) is 4.79 Å². The fraction of sp³-hybridized carbons (Fsp3) is 0.100. The average molecular weight is 231 g/mol. The van der Waals surface area contributed by atoms with Gasteiger partial charge in [-0.1, -0.05) is 6.08 Å². The zero-order valence-corrected chi connectivity index (χ0v) is 8.01. The van der Waals surface area contributed by atoms with Crippen LogP contribution in [0.5, 0.6) is 0 Å². The van der Waals surface area contributed by atoms with Crippen LogP contribution in [0.25, 0.3) is 0 Å². The van der Waals surface area contributed by atoms with E-state index < -0.39 is 23.4 Å². The molecule has 0 aliphatic carbocycles. The molecule has 0 radical (unpaired) electrons. The summed E-state index contributed by atoms with van der Waals surface area (Å²) in [5.41, 5.74) is 0.0337. The number of benzene rings is 1. The molecule has 0 aliphatic rings. The molecule has 0 heterocycles. The van der Waals surface area contributed by atoms with Gasteiger partial charge in [-0.25, -0.2) is 18.0 Å². The Morgan fingerprint density at radius 1 is 1.31 bits per heavy atom. The topological polar surface area (TPSA) is 49.3 Å². The summed E-state index contributed by atoms with van der Waals surface area (Å²) in [5, 5.41) is 10.8. The lowest BCUT2D eigenvalue weighted by molar-refractivity contribution is -0.131. The van der Waals surface area contributed by atoms with Crippen LogP contribution in [0.4, 0.5) is 18.9 Å². The minimum absolute atomic E-state index is 0.0337. The summed E-state index contributed by atoms with van der Waals surface area (Å²) in [6.07, 6.45) is 2.13. The average Bonchev–Trinajstić information content (AvgIpc) is 2.20. The first kappa shape index (κ1) is 12.1. The Bertz CT molecular complexity index is 409. The second-order valence-electron chi connectivity index (χ2n) is 2.88. The molecule has 0 atom stereocenters. The van der Waals surface area contributed by atoms with E-state index in [9.17, 15) is 18.0 Å². The van der Waals surface area contributed by atoms with Crippen molar-refractivity contribution in [1.29, 1.82) is 0 Å². The third-order valence-corrected chi connectivity index (χ3v) is 1.67. The van der Waals surface area contributed by atoms with Crippen molar-refractivity contribution in [3.63, 3.8) is 0 Å². The third kappa shape index (κ3) is 3.30. The molecule has 3 nitrogen and oxygen atoms in total. The first-order valence-corrected chi connectivity index (χ1v) is 4.28. The highest BCUT2D eigenvalue weighted by atomic mass is 19.2. The Balaban J connectivity index is 2.65. The van der Waals surface area contributed by atoms with Gasteiger partial charge in [0.15, 0.2) is 17.5 Å². The molecule has 0 saturated carbocycles. The minimum atomic E-state index is -1.54. The summed E-state index contributed by atoms with van der Waals surface area (Å²) < 4.78 is 38.0. The maximum atomic E-state index is 12.7. The van der Waals surface area contributed by atoms with Gasteiger partial charge in [-0.2, -0.15) is 0 Å². The number of halogens is 3. The van der Waals surface area contributed by atoms with Crippen LogP contribution in [0.2, 0.25) is 0 Å². The third-order valence-electron chi connectivity index (χ3n) is 1.67. The van der Waals surface area contributed by atoms with Crippen LogP contribution in [0, 0.1) is 17.5 Å². The molecular weight excluding hydrogens is 223 g/mol. The SMILES string of the molecule is O=C(O)/C=C/CNc1cc(F)c(F)c(F)c1. The van der Waals surface area contributed by atoms with E-state index in [0.717, 1.165) is 18.2 Å². The quantitative estimate of drug-likeness (QED) is 0.616. The summed E-state index contributed by atoms with van der Waals surface area (Å²) in [7, 11) is 0. The lowest BCUT2D eigenvalue weighted by Crippen LogP contribution is -2.02. The number of nitrogens with one attached hydrogen (secondary N) is 1. The predicted molar refractivity (Wildman–Crippen MR) is 51.6 cm³/mol. The van der Waals surface area contributed by atoms with E-state index in [1.807, 2.05) is 0 Å². The molecular formula is C10H8F3NO2. The van der Waals surface area contributed by atoms with Crippen molar-refractivity contribution in [3.05, 3.63) is 41.7 Å². The lowest BCUT2D eigenvalue weighted by Gasteiger charge is -2.04. The monoisotopic (exact) mass is 231 g/mol. The molecule has 0 aromatic heterocycles. The van der Waals surface area contributed by atoms with Gasteiger partial charge in [0.25, 0.3) is 0 Å². The highest BCUT2D eigenvalue weighted by Gasteiger charge is 2.09. The van der Waals surface area contributed by atoms with Gasteiger partial charge >= 0.3 is 5.97 Å². The number of carboxylic acids is 1. The van der Waals surface area contributed by atoms with Crippen molar-refractivity contribution in [2.45, 2.75) is 0 Å². The van der Waals surface area contributed by atoms with Crippen LogP contribution < -0.4 is 5.32 Å². The smallest absolute Gasteiger partial charge is 0.328 e. The largest absolute Gasteiger partial charge is 0.478 e. The van der Waals surface area contributed by atoms with Crippen LogP contribution in [0.3, 0.4) is 0 Å². The maximum Gasteiger partial charge on any atom is 0.328 e. The zero-order chi connectivity index (χ0) is 12.1. The molecule has 0 amide bonds. The van der Waals surface area contributed by atoms with Crippen molar-refractivity contribution in [2.75, 3.05) is 11.9 Å². The maximum absolute atomic E-state index is 12.7. The molecule has 0 saturated heterocycles. The van der Waals surface area contributed by atoms with Gasteiger partial charge in [-0.15, -0.1) is 0 Å². The first-order chi connectivity index (χ1) is 7.50. The summed E-state index contributed by atoms with van der Waals surface area (Å²) in [6.45, 7) is 0.0663. The molecule has 86 valence electrons. The van der Waals surface area contributed by atoms with Gasteiger partial charge in [0.2, 0.25) is 0 Å². The Morgan fingerprint density at radius 3 is 2.38 bits per heavy atom. The van der Waals surface area contributed by atoms with E-state index in [1.165, 1.54) is 6.08 Å². The Morgan fingerprint density at radius 2 is 1.88 bits per heavy atom. The number of hydrogen-bond donors (Lipinski definition) is 2. The van der Waals surface area contributed by atoms with Crippen LogP contribution in [0.1, 0.15) is 0 Å². The number of carbonyl (C=O) groups is 1. The molecule has 0 unspecified atom stereocenters. The van der Waals surface area contributed by atoms with Gasteiger partial charge in [-0.05, 0) is 0 Å². The number of aliphatic carboxylic acids is 1.